The Morgan fingerprint density at radius 3 is 2.20 bits per heavy atom. The Morgan fingerprint density at radius 1 is 1.02 bits per heavy atom. The van der Waals surface area contributed by atoms with Gasteiger partial charge in [0.1, 0.15) is 23.5 Å². The van der Waals surface area contributed by atoms with Gasteiger partial charge in [0.15, 0.2) is 0 Å². The van der Waals surface area contributed by atoms with Gasteiger partial charge in [-0.3, -0.25) is 19.3 Å². The van der Waals surface area contributed by atoms with Crippen molar-refractivity contribution >= 4 is 11.9 Å². The van der Waals surface area contributed by atoms with Crippen LogP contribution in [0.5, 0.6) is 0 Å². The first-order chi connectivity index (χ1) is 25.4. The summed E-state index contributed by atoms with van der Waals surface area (Å²) in [5.41, 5.74) is -2.83. The summed E-state index contributed by atoms with van der Waals surface area (Å²) in [7, 11) is 0. The van der Waals surface area contributed by atoms with E-state index < -0.39 is 70.7 Å². The monoisotopic (exact) mass is 759 g/mol. The summed E-state index contributed by atoms with van der Waals surface area (Å²) in [5.74, 6) is -0.677. The molecular formula is C40H43F6N3O5. The summed E-state index contributed by atoms with van der Waals surface area (Å²) in [6.07, 6.45) is -3.32. The van der Waals surface area contributed by atoms with Gasteiger partial charge in [-0.15, -0.1) is 5.92 Å². The number of carbonyl (C=O) groups is 2. The number of aromatic nitrogens is 1. The molecule has 0 aliphatic carbocycles. The number of alkyl halides is 3. The van der Waals surface area contributed by atoms with Crippen LogP contribution < -0.4 is 10.9 Å². The molecule has 290 valence electrons. The standard InChI is InChI=1S/C40H43F6N3O5/c1-6-7-24-15-30(42)37(38(43)36(24)35-22(4)13-26(41)14-23(35)5)31(17-34(51)52)47-39(53)32(12-21(2)3)49-18-25(29(16-33(49)50)40(44,45)46)10-11-48-27-8-9-28(48)20-54-19-27/h13-16,18,21,27-28,31-32H,8-12,17,19-20H2,1-5H3,(H,47,53)(H,51,52). The lowest BCUT2D eigenvalue weighted by atomic mass is 9.88. The number of hydrogen-bond donors (Lipinski definition) is 2. The van der Waals surface area contributed by atoms with Crippen molar-refractivity contribution in [3.8, 4) is 23.0 Å². The van der Waals surface area contributed by atoms with Gasteiger partial charge in [-0.1, -0.05) is 19.8 Å². The lowest BCUT2D eigenvalue weighted by Crippen LogP contribution is -2.46. The van der Waals surface area contributed by atoms with E-state index in [4.69, 9.17) is 4.74 Å². The van der Waals surface area contributed by atoms with Crippen molar-refractivity contribution in [3.05, 3.63) is 91.6 Å². The van der Waals surface area contributed by atoms with E-state index in [0.717, 1.165) is 41.8 Å². The maximum absolute atomic E-state index is 16.8. The van der Waals surface area contributed by atoms with Crippen LogP contribution in [0.15, 0.2) is 35.3 Å². The van der Waals surface area contributed by atoms with Gasteiger partial charge >= 0.3 is 12.1 Å². The number of nitrogens with one attached hydrogen (secondary N) is 1. The van der Waals surface area contributed by atoms with Crippen molar-refractivity contribution in [2.24, 2.45) is 5.92 Å². The first kappa shape index (κ1) is 40.6. The molecule has 3 aromatic rings. The molecule has 1 amide bonds. The quantitative estimate of drug-likeness (QED) is 0.149. The summed E-state index contributed by atoms with van der Waals surface area (Å²) in [6.45, 7) is 9.11. The smallest absolute Gasteiger partial charge is 0.416 e. The van der Waals surface area contributed by atoms with Crippen LogP contribution in [0.25, 0.3) is 11.1 Å². The first-order valence-corrected chi connectivity index (χ1v) is 17.8. The largest absolute Gasteiger partial charge is 0.481 e. The van der Waals surface area contributed by atoms with E-state index in [2.05, 4.69) is 22.1 Å². The Bertz CT molecular complexity index is 2010. The zero-order valence-corrected chi connectivity index (χ0v) is 30.7. The second kappa shape index (κ2) is 16.4. The Balaban J connectivity index is 1.58. The highest BCUT2D eigenvalue weighted by Gasteiger charge is 2.39. The van der Waals surface area contributed by atoms with Crippen molar-refractivity contribution in [1.29, 1.82) is 0 Å². The minimum Gasteiger partial charge on any atom is -0.481 e. The van der Waals surface area contributed by atoms with Gasteiger partial charge in [-0.25, -0.2) is 13.2 Å². The van der Waals surface area contributed by atoms with Crippen molar-refractivity contribution in [1.82, 2.24) is 14.8 Å². The molecule has 0 spiro atoms. The van der Waals surface area contributed by atoms with E-state index in [1.165, 1.54) is 20.8 Å². The molecule has 5 rings (SSSR count). The van der Waals surface area contributed by atoms with Gasteiger partial charge in [0.2, 0.25) is 5.91 Å². The normalized spacial score (nSPS) is 18.3. The lowest BCUT2D eigenvalue weighted by Gasteiger charge is -2.34. The summed E-state index contributed by atoms with van der Waals surface area (Å²) < 4.78 is 96.4. The average molecular weight is 760 g/mol. The SMILES string of the molecule is CC#Cc1cc(F)c(C(CC(=O)O)NC(=O)C(CC(C)C)n2cc(CCN3C4CCC3COC4)c(C(F)(F)F)cc2=O)c(F)c1-c1c(C)cc(F)cc1C. The molecule has 3 heterocycles. The zero-order valence-electron chi connectivity index (χ0n) is 30.7. The first-order valence-electron chi connectivity index (χ1n) is 17.8. The van der Waals surface area contributed by atoms with Gasteiger partial charge in [-0.05, 0) is 92.8 Å². The number of carbonyl (C=O) groups excluding carboxylic acids is 1. The fourth-order valence-electron chi connectivity index (χ4n) is 7.82. The third-order valence-corrected chi connectivity index (χ3v) is 10.1. The topological polar surface area (TPSA) is 101 Å². The van der Waals surface area contributed by atoms with Crippen LogP contribution in [0.4, 0.5) is 26.3 Å². The number of ether oxygens (including phenoxy) is 1. The van der Waals surface area contributed by atoms with E-state index in [9.17, 15) is 37.1 Å². The maximum Gasteiger partial charge on any atom is 0.416 e. The minimum atomic E-state index is -4.87. The number of rotatable bonds is 12. The number of carboxylic acids is 1. The molecule has 4 atom stereocenters. The van der Waals surface area contributed by atoms with Crippen LogP contribution >= 0.6 is 0 Å². The Kier molecular flexibility index (Phi) is 12.3. The summed E-state index contributed by atoms with van der Waals surface area (Å²) in [4.78, 5) is 41.8. The molecule has 14 heteroatoms. The van der Waals surface area contributed by atoms with Gasteiger partial charge < -0.3 is 19.7 Å². The van der Waals surface area contributed by atoms with Gasteiger partial charge in [0.25, 0.3) is 5.56 Å². The van der Waals surface area contributed by atoms with E-state index >= 15 is 8.78 Å². The molecule has 4 unspecified atom stereocenters. The molecule has 2 saturated heterocycles. The average Bonchev–Trinajstić information content (AvgIpc) is 3.27. The molecule has 2 aliphatic rings. The second-order valence-electron chi connectivity index (χ2n) is 14.5. The number of fused-ring (bicyclic) bond motifs is 2. The number of hydrogen-bond acceptors (Lipinski definition) is 5. The molecule has 2 aromatic carbocycles. The highest BCUT2D eigenvalue weighted by Crippen LogP contribution is 2.39. The fourth-order valence-corrected chi connectivity index (χ4v) is 7.82. The highest BCUT2D eigenvalue weighted by molar-refractivity contribution is 5.83. The number of nitrogens with zero attached hydrogens (tertiary/aromatic N) is 2. The number of aliphatic carboxylic acids is 1. The van der Waals surface area contributed by atoms with Crippen molar-refractivity contribution in [2.75, 3.05) is 19.8 Å². The van der Waals surface area contributed by atoms with E-state index in [1.807, 2.05) is 0 Å². The number of benzene rings is 2. The van der Waals surface area contributed by atoms with Crippen LogP contribution in [-0.2, 0) is 26.9 Å². The van der Waals surface area contributed by atoms with Gasteiger partial charge in [0.05, 0.1) is 31.2 Å². The van der Waals surface area contributed by atoms with Gasteiger partial charge in [0, 0.05) is 47.6 Å². The lowest BCUT2D eigenvalue weighted by molar-refractivity contribution is -0.139. The summed E-state index contributed by atoms with van der Waals surface area (Å²) in [6, 6.07) is 0.480. The summed E-state index contributed by atoms with van der Waals surface area (Å²) >= 11 is 0. The molecule has 54 heavy (non-hydrogen) atoms. The van der Waals surface area contributed by atoms with Gasteiger partial charge in [-0.2, -0.15) is 13.2 Å². The van der Waals surface area contributed by atoms with E-state index in [0.29, 0.717) is 19.3 Å². The predicted octanol–water partition coefficient (Wildman–Crippen LogP) is 7.26. The molecule has 2 N–H and O–H groups in total. The van der Waals surface area contributed by atoms with Crippen LogP contribution in [0.3, 0.4) is 0 Å². The van der Waals surface area contributed by atoms with Crippen LogP contribution in [0.1, 0.15) is 91.9 Å². The Labute approximate surface area is 309 Å². The molecule has 1 aromatic heterocycles. The summed E-state index contributed by atoms with van der Waals surface area (Å²) in [5, 5.41) is 12.3. The fraction of sp³-hybridized carbons (Fsp3) is 0.475. The Hall–Kier alpha value is -4.61. The predicted molar refractivity (Wildman–Crippen MR) is 189 cm³/mol. The molecular weight excluding hydrogens is 716 g/mol. The highest BCUT2D eigenvalue weighted by atomic mass is 19.4. The zero-order chi connectivity index (χ0) is 39.6. The number of pyridine rings is 1. The van der Waals surface area contributed by atoms with Crippen LogP contribution in [0, 0.1) is 49.1 Å². The molecule has 2 aliphatic heterocycles. The third kappa shape index (κ3) is 8.68. The minimum absolute atomic E-state index is 0.0647. The van der Waals surface area contributed by atoms with Crippen LogP contribution in [0.2, 0.25) is 0 Å². The molecule has 2 bridgehead atoms. The Morgan fingerprint density at radius 2 is 1.65 bits per heavy atom. The van der Waals surface area contributed by atoms with Crippen molar-refractivity contribution < 1.29 is 45.8 Å². The third-order valence-electron chi connectivity index (χ3n) is 10.1. The number of aryl methyl sites for hydroxylation is 2. The van der Waals surface area contributed by atoms with E-state index in [-0.39, 0.29) is 70.8 Å². The molecule has 0 saturated carbocycles. The van der Waals surface area contributed by atoms with E-state index in [1.54, 1.807) is 13.8 Å². The number of morpholine rings is 1. The number of carboxylic acid groups (broad SMARTS) is 1. The van der Waals surface area contributed by atoms with Crippen molar-refractivity contribution in [2.45, 2.75) is 97.1 Å². The maximum atomic E-state index is 16.8. The number of halogens is 6. The molecule has 8 nitrogen and oxygen atoms in total. The second-order valence-corrected chi connectivity index (χ2v) is 14.5. The van der Waals surface area contributed by atoms with Crippen molar-refractivity contribution in [3.63, 3.8) is 0 Å². The molecule has 0 radical (unpaired) electrons. The van der Waals surface area contributed by atoms with Crippen LogP contribution in [-0.4, -0.2) is 58.3 Å². The molecule has 2 fully saturated rings. The number of amides is 1.